The van der Waals surface area contributed by atoms with Crippen molar-refractivity contribution in [3.63, 3.8) is 0 Å². The van der Waals surface area contributed by atoms with Crippen LogP contribution in [0.2, 0.25) is 0 Å². The third-order valence-electron chi connectivity index (χ3n) is 5.33. The molecular formula is C22H25N5O3. The van der Waals surface area contributed by atoms with Crippen molar-refractivity contribution in [3.05, 3.63) is 41.7 Å². The van der Waals surface area contributed by atoms with Gasteiger partial charge in [0.2, 0.25) is 5.88 Å². The summed E-state index contributed by atoms with van der Waals surface area (Å²) < 4.78 is 11.4. The van der Waals surface area contributed by atoms with E-state index >= 15 is 0 Å². The first kappa shape index (κ1) is 20.0. The van der Waals surface area contributed by atoms with Gasteiger partial charge in [-0.3, -0.25) is 0 Å². The maximum atomic E-state index is 12.0. The summed E-state index contributed by atoms with van der Waals surface area (Å²) in [5.41, 5.74) is 2.89. The number of anilines is 2. The molecule has 1 aromatic heterocycles. The molecule has 0 aliphatic carbocycles. The zero-order valence-corrected chi connectivity index (χ0v) is 17.2. The van der Waals surface area contributed by atoms with Gasteiger partial charge in [0, 0.05) is 44.2 Å². The lowest BCUT2D eigenvalue weighted by atomic mass is 10.1. The highest BCUT2D eigenvalue weighted by Crippen LogP contribution is 2.35. The molecule has 8 nitrogen and oxygen atoms in total. The van der Waals surface area contributed by atoms with E-state index < -0.39 is 0 Å². The van der Waals surface area contributed by atoms with E-state index in [4.69, 9.17) is 14.7 Å². The van der Waals surface area contributed by atoms with Crippen molar-refractivity contribution in [2.24, 2.45) is 0 Å². The highest BCUT2D eigenvalue weighted by atomic mass is 16.6. The predicted molar refractivity (Wildman–Crippen MR) is 111 cm³/mol. The Labute approximate surface area is 176 Å². The van der Waals surface area contributed by atoms with E-state index in [0.29, 0.717) is 24.5 Å². The number of aromatic nitrogens is 2. The van der Waals surface area contributed by atoms with Gasteiger partial charge in [0.15, 0.2) is 0 Å². The second kappa shape index (κ2) is 8.57. The van der Waals surface area contributed by atoms with Gasteiger partial charge < -0.3 is 19.3 Å². The summed E-state index contributed by atoms with van der Waals surface area (Å²) in [5, 5.41) is 9.10. The van der Waals surface area contributed by atoms with Gasteiger partial charge in [-0.2, -0.15) is 5.26 Å². The Hall–Kier alpha value is -3.34. The number of carbonyl (C=O) groups excluding carboxylic acids is 1. The van der Waals surface area contributed by atoms with E-state index in [0.717, 1.165) is 42.9 Å². The zero-order chi connectivity index (χ0) is 21.1. The Balaban J connectivity index is 1.39. The number of ether oxygens (including phenoxy) is 2. The van der Waals surface area contributed by atoms with Crippen LogP contribution in [0, 0.1) is 11.3 Å². The second-order valence-corrected chi connectivity index (χ2v) is 7.81. The molecule has 1 aromatic carbocycles. The molecule has 30 heavy (non-hydrogen) atoms. The van der Waals surface area contributed by atoms with E-state index in [1.54, 1.807) is 4.90 Å². The number of carbonyl (C=O) groups is 1. The maximum Gasteiger partial charge on any atom is 0.410 e. The summed E-state index contributed by atoms with van der Waals surface area (Å²) in [6.45, 7) is 5.71. The Morgan fingerprint density at radius 2 is 2.00 bits per heavy atom. The minimum Gasteiger partial charge on any atom is -0.474 e. The Morgan fingerprint density at radius 1 is 1.20 bits per heavy atom. The Morgan fingerprint density at radius 3 is 2.73 bits per heavy atom. The molecule has 1 fully saturated rings. The molecule has 1 amide bonds. The number of amides is 1. The minimum atomic E-state index is -0.264. The summed E-state index contributed by atoms with van der Waals surface area (Å²) >= 11 is 0. The topological polar surface area (TPSA) is 91.6 Å². The first-order valence-electron chi connectivity index (χ1n) is 10.3. The number of likely N-dealkylation sites (tertiary alicyclic amines) is 1. The van der Waals surface area contributed by atoms with Crippen LogP contribution >= 0.6 is 0 Å². The lowest BCUT2D eigenvalue weighted by Gasteiger charge is -2.31. The van der Waals surface area contributed by atoms with Gasteiger partial charge in [-0.25, -0.2) is 14.8 Å². The van der Waals surface area contributed by atoms with Crippen LogP contribution in [0.4, 0.5) is 16.3 Å². The van der Waals surface area contributed by atoms with Crippen LogP contribution in [0.3, 0.4) is 0 Å². The molecule has 2 aromatic rings. The highest BCUT2D eigenvalue weighted by molar-refractivity contribution is 5.69. The molecular weight excluding hydrogens is 382 g/mol. The van der Waals surface area contributed by atoms with Gasteiger partial charge >= 0.3 is 6.09 Å². The van der Waals surface area contributed by atoms with Gasteiger partial charge in [-0.05, 0) is 44.0 Å². The molecule has 0 saturated carbocycles. The molecule has 1 saturated heterocycles. The van der Waals surface area contributed by atoms with Gasteiger partial charge in [0.05, 0.1) is 17.7 Å². The van der Waals surface area contributed by atoms with Crippen molar-refractivity contribution < 1.29 is 14.3 Å². The number of benzene rings is 1. The molecule has 3 heterocycles. The third-order valence-corrected chi connectivity index (χ3v) is 5.33. The number of hydrogen-bond acceptors (Lipinski definition) is 7. The van der Waals surface area contributed by atoms with E-state index in [9.17, 15) is 4.79 Å². The molecule has 4 rings (SSSR count). The normalized spacial score (nSPS) is 16.3. The van der Waals surface area contributed by atoms with Crippen molar-refractivity contribution in [2.75, 3.05) is 24.5 Å². The van der Waals surface area contributed by atoms with Crippen molar-refractivity contribution in [1.82, 2.24) is 14.9 Å². The molecule has 156 valence electrons. The van der Waals surface area contributed by atoms with Crippen LogP contribution in [0.15, 0.2) is 30.6 Å². The molecule has 0 spiro atoms. The summed E-state index contributed by atoms with van der Waals surface area (Å²) in [7, 11) is 0. The lowest BCUT2D eigenvalue weighted by molar-refractivity contribution is 0.0507. The number of hydrogen-bond donors (Lipinski definition) is 0. The fraction of sp³-hybridized carbons (Fsp3) is 0.455. The number of piperidine rings is 1. The SMILES string of the molecule is CC(C)OC(=O)N1CCC(Oc2cc(N3CCc4cc(C#N)ccc43)ncn2)CC1. The quantitative estimate of drug-likeness (QED) is 0.767. The van der Waals surface area contributed by atoms with Crippen LogP contribution in [0.1, 0.15) is 37.8 Å². The molecule has 0 radical (unpaired) electrons. The molecule has 0 N–H and O–H groups in total. The predicted octanol–water partition coefficient (Wildman–Crippen LogP) is 3.43. The highest BCUT2D eigenvalue weighted by Gasteiger charge is 2.26. The number of rotatable bonds is 4. The van der Waals surface area contributed by atoms with E-state index in [2.05, 4.69) is 20.9 Å². The van der Waals surface area contributed by atoms with Crippen LogP contribution in [-0.4, -0.2) is 52.8 Å². The van der Waals surface area contributed by atoms with Gasteiger partial charge in [0.25, 0.3) is 0 Å². The lowest BCUT2D eigenvalue weighted by Crippen LogP contribution is -2.42. The summed E-state index contributed by atoms with van der Waals surface area (Å²) in [5.74, 6) is 1.31. The van der Waals surface area contributed by atoms with Crippen LogP contribution in [-0.2, 0) is 11.2 Å². The molecule has 0 atom stereocenters. The summed E-state index contributed by atoms with van der Waals surface area (Å²) in [6.07, 6.45) is 3.47. The van der Waals surface area contributed by atoms with E-state index in [1.807, 2.05) is 38.1 Å². The minimum absolute atomic E-state index is 0.0000916. The van der Waals surface area contributed by atoms with Gasteiger partial charge in [0.1, 0.15) is 18.2 Å². The molecule has 2 aliphatic rings. The van der Waals surface area contributed by atoms with Crippen molar-refractivity contribution in [1.29, 1.82) is 5.26 Å². The van der Waals surface area contributed by atoms with Crippen LogP contribution in [0.25, 0.3) is 0 Å². The van der Waals surface area contributed by atoms with Crippen molar-refractivity contribution in [3.8, 4) is 11.9 Å². The Kier molecular flexibility index (Phi) is 5.70. The fourth-order valence-corrected chi connectivity index (χ4v) is 3.85. The van der Waals surface area contributed by atoms with Crippen molar-refractivity contribution >= 4 is 17.6 Å². The molecule has 0 bridgehead atoms. The number of fused-ring (bicyclic) bond motifs is 1. The van der Waals surface area contributed by atoms with Gasteiger partial charge in [-0.1, -0.05) is 0 Å². The maximum absolute atomic E-state index is 12.0. The van der Waals surface area contributed by atoms with E-state index in [-0.39, 0.29) is 18.3 Å². The summed E-state index contributed by atoms with van der Waals surface area (Å²) in [4.78, 5) is 24.6. The van der Waals surface area contributed by atoms with Crippen LogP contribution in [0.5, 0.6) is 5.88 Å². The second-order valence-electron chi connectivity index (χ2n) is 7.81. The standard InChI is InChI=1S/C22H25N5O3/c1-15(2)29-22(28)26-8-6-18(7-9-26)30-21-12-20(24-14-25-21)27-10-5-17-11-16(13-23)3-4-19(17)27/h3-4,11-12,14-15,18H,5-10H2,1-2H3. The average molecular weight is 407 g/mol. The zero-order valence-electron chi connectivity index (χ0n) is 17.2. The Bertz CT molecular complexity index is 963. The number of nitrogens with zero attached hydrogens (tertiary/aromatic N) is 5. The summed E-state index contributed by atoms with van der Waals surface area (Å²) in [6, 6.07) is 9.77. The molecule has 0 unspecified atom stereocenters. The third kappa shape index (κ3) is 4.30. The molecule has 2 aliphatic heterocycles. The molecule has 8 heteroatoms. The first-order chi connectivity index (χ1) is 14.5. The average Bonchev–Trinajstić information content (AvgIpc) is 3.17. The monoisotopic (exact) mass is 407 g/mol. The fourth-order valence-electron chi connectivity index (χ4n) is 3.85. The number of nitriles is 1. The van der Waals surface area contributed by atoms with Crippen molar-refractivity contribution in [2.45, 2.75) is 45.3 Å². The van der Waals surface area contributed by atoms with Crippen LogP contribution < -0.4 is 9.64 Å². The first-order valence-corrected chi connectivity index (χ1v) is 10.3. The van der Waals surface area contributed by atoms with E-state index in [1.165, 1.54) is 6.33 Å². The van der Waals surface area contributed by atoms with Gasteiger partial charge in [-0.15, -0.1) is 0 Å². The largest absolute Gasteiger partial charge is 0.474 e. The smallest absolute Gasteiger partial charge is 0.410 e.